The zero-order valence-corrected chi connectivity index (χ0v) is 25.1. The van der Waals surface area contributed by atoms with Crippen LogP contribution in [0.1, 0.15) is 81.1 Å². The fraction of sp³-hybridized carbons (Fsp3) is 0.821. The van der Waals surface area contributed by atoms with Crippen molar-refractivity contribution in [2.24, 2.45) is 23.7 Å². The molecule has 0 unspecified atom stereocenters. The average Bonchev–Trinajstić information content (AvgIpc) is 2.80. The van der Waals surface area contributed by atoms with Crippen molar-refractivity contribution in [2.45, 2.75) is 105 Å². The van der Waals surface area contributed by atoms with Crippen molar-refractivity contribution in [1.82, 2.24) is 25.8 Å². The van der Waals surface area contributed by atoms with Crippen LogP contribution in [0.3, 0.4) is 0 Å². The van der Waals surface area contributed by atoms with E-state index in [2.05, 4.69) is 16.0 Å². The van der Waals surface area contributed by atoms with E-state index in [9.17, 15) is 24.0 Å². The predicted molar refractivity (Wildman–Crippen MR) is 148 cm³/mol. The maximum atomic E-state index is 13.8. The van der Waals surface area contributed by atoms with E-state index in [1.54, 1.807) is 7.05 Å². The van der Waals surface area contributed by atoms with Gasteiger partial charge in [-0.3, -0.25) is 24.0 Å². The van der Waals surface area contributed by atoms with Gasteiger partial charge < -0.3 is 25.8 Å². The number of carbonyl (C=O) groups excluding carboxylic acids is 5. The molecule has 0 aromatic heterocycles. The number of hydrogen-bond acceptors (Lipinski definition) is 5. The Hall–Kier alpha value is -2.65. The molecule has 0 aromatic rings. The Morgan fingerprint density at radius 3 is 1.45 bits per heavy atom. The minimum Gasteiger partial charge on any atom is -0.345 e. The van der Waals surface area contributed by atoms with Gasteiger partial charge in [0.05, 0.1) is 6.54 Å². The smallest absolute Gasteiger partial charge is 0.245 e. The molecule has 1 aliphatic heterocycles. The highest BCUT2D eigenvalue weighted by Gasteiger charge is 2.37. The normalized spacial score (nSPS) is 25.1. The van der Waals surface area contributed by atoms with Gasteiger partial charge >= 0.3 is 0 Å². The van der Waals surface area contributed by atoms with Crippen LogP contribution in [-0.2, 0) is 24.0 Å². The van der Waals surface area contributed by atoms with Crippen LogP contribution in [0.4, 0.5) is 0 Å². The molecular formula is C28H51N5O5. The van der Waals surface area contributed by atoms with E-state index in [0.29, 0.717) is 25.7 Å². The zero-order valence-electron chi connectivity index (χ0n) is 25.1. The van der Waals surface area contributed by atoms with Crippen LogP contribution in [0.25, 0.3) is 0 Å². The average molecular weight is 538 g/mol. The lowest BCUT2D eigenvalue weighted by atomic mass is 9.97. The summed E-state index contributed by atoms with van der Waals surface area (Å²) in [4.78, 5) is 69.7. The number of nitrogens with zero attached hydrogens (tertiary/aromatic N) is 2. The summed E-state index contributed by atoms with van der Waals surface area (Å²) < 4.78 is 0. The molecule has 38 heavy (non-hydrogen) atoms. The van der Waals surface area contributed by atoms with Crippen LogP contribution in [0.5, 0.6) is 0 Å². The molecule has 4 atom stereocenters. The maximum Gasteiger partial charge on any atom is 0.245 e. The highest BCUT2D eigenvalue weighted by molar-refractivity contribution is 5.97. The van der Waals surface area contributed by atoms with Crippen LogP contribution in [-0.4, -0.2) is 84.1 Å². The zero-order chi connectivity index (χ0) is 29.3. The van der Waals surface area contributed by atoms with Crippen molar-refractivity contribution in [3.8, 4) is 0 Å². The SMILES string of the molecule is CC(C)C[C@@H]1NC(=O)[C@H](CC(C)C)N(C)C(=O)[C@H](CC(C)C)NC(=O)[C@H](CC(C)C)N(C)C(=O)CNC1=O. The Kier molecular flexibility index (Phi) is 13.2. The highest BCUT2D eigenvalue weighted by atomic mass is 16.2. The quantitative estimate of drug-likeness (QED) is 0.436. The molecule has 3 N–H and O–H groups in total. The first-order chi connectivity index (χ1) is 17.5. The summed E-state index contributed by atoms with van der Waals surface area (Å²) in [5.74, 6) is -1.72. The molecule has 0 aliphatic carbocycles. The molecule has 0 aromatic carbocycles. The Morgan fingerprint density at radius 2 is 1.00 bits per heavy atom. The van der Waals surface area contributed by atoms with Gasteiger partial charge in [-0.2, -0.15) is 0 Å². The van der Waals surface area contributed by atoms with Crippen LogP contribution in [0.15, 0.2) is 0 Å². The van der Waals surface area contributed by atoms with E-state index >= 15 is 0 Å². The summed E-state index contributed by atoms with van der Waals surface area (Å²) in [6.07, 6.45) is 1.54. The van der Waals surface area contributed by atoms with Gasteiger partial charge in [0.2, 0.25) is 29.5 Å². The predicted octanol–water partition coefficient (Wildman–Crippen LogP) is 1.92. The third-order valence-electron chi connectivity index (χ3n) is 6.75. The summed E-state index contributed by atoms with van der Waals surface area (Å²) in [6.45, 7) is 15.3. The Labute approximate surface area is 229 Å². The van der Waals surface area contributed by atoms with Crippen LogP contribution >= 0.6 is 0 Å². The largest absolute Gasteiger partial charge is 0.345 e. The number of carbonyl (C=O) groups is 5. The van der Waals surface area contributed by atoms with E-state index in [1.807, 2.05) is 55.4 Å². The summed E-state index contributed by atoms with van der Waals surface area (Å²) in [5, 5.41) is 8.39. The molecule has 0 spiro atoms. The van der Waals surface area contributed by atoms with E-state index in [-0.39, 0.29) is 36.1 Å². The first kappa shape index (κ1) is 33.4. The second kappa shape index (κ2) is 15.1. The molecule has 218 valence electrons. The molecule has 1 saturated heterocycles. The van der Waals surface area contributed by atoms with Crippen molar-refractivity contribution in [3.05, 3.63) is 0 Å². The first-order valence-corrected chi connectivity index (χ1v) is 14.0. The molecule has 5 amide bonds. The third kappa shape index (κ3) is 10.3. The molecule has 0 saturated carbocycles. The second-order valence-electron chi connectivity index (χ2n) is 12.3. The highest BCUT2D eigenvalue weighted by Crippen LogP contribution is 2.18. The van der Waals surface area contributed by atoms with Gasteiger partial charge in [-0.25, -0.2) is 0 Å². The summed E-state index contributed by atoms with van der Waals surface area (Å²) >= 11 is 0. The monoisotopic (exact) mass is 537 g/mol. The topological polar surface area (TPSA) is 128 Å². The molecule has 1 rings (SSSR count). The van der Waals surface area contributed by atoms with E-state index in [0.717, 1.165) is 0 Å². The minimum absolute atomic E-state index is 0.0947. The van der Waals surface area contributed by atoms with Gasteiger partial charge in [0.1, 0.15) is 24.2 Å². The lowest BCUT2D eigenvalue weighted by Gasteiger charge is -2.34. The summed E-state index contributed by atoms with van der Waals surface area (Å²) in [5.41, 5.74) is 0. The van der Waals surface area contributed by atoms with Gasteiger partial charge in [-0.15, -0.1) is 0 Å². The van der Waals surface area contributed by atoms with E-state index < -0.39 is 47.8 Å². The minimum atomic E-state index is -0.860. The number of nitrogens with one attached hydrogen (secondary N) is 3. The standard InChI is InChI=1S/C28H51N5O5/c1-16(2)11-20-25(35)29-15-24(34)32(9)22(13-18(5)6)26(36)31-21(12-17(3)4)28(38)33(10)23(14-19(7)8)27(37)30-20/h16-23H,11-15H2,1-10H3,(H,29,35)(H,30,37)(H,31,36)/t20-,21-,22-,23-/m0/s1. The van der Waals surface area contributed by atoms with E-state index in [1.165, 1.54) is 16.8 Å². The lowest BCUT2D eigenvalue weighted by molar-refractivity contribution is -0.144. The molecule has 1 fully saturated rings. The van der Waals surface area contributed by atoms with Gasteiger partial charge in [0.25, 0.3) is 0 Å². The van der Waals surface area contributed by atoms with Crippen molar-refractivity contribution in [3.63, 3.8) is 0 Å². The molecule has 0 bridgehead atoms. The molecule has 10 heteroatoms. The van der Waals surface area contributed by atoms with Crippen molar-refractivity contribution in [2.75, 3.05) is 20.6 Å². The van der Waals surface area contributed by atoms with Crippen LogP contribution in [0.2, 0.25) is 0 Å². The summed E-state index contributed by atoms with van der Waals surface area (Å²) in [7, 11) is 3.11. The summed E-state index contributed by atoms with van der Waals surface area (Å²) in [6, 6.07) is -3.35. The maximum absolute atomic E-state index is 13.8. The number of likely N-dealkylation sites (N-methyl/N-ethyl adjacent to an activating group) is 2. The third-order valence-corrected chi connectivity index (χ3v) is 6.75. The van der Waals surface area contributed by atoms with Crippen LogP contribution in [0, 0.1) is 23.7 Å². The van der Waals surface area contributed by atoms with Crippen LogP contribution < -0.4 is 16.0 Å². The molecule has 1 heterocycles. The molecule has 10 nitrogen and oxygen atoms in total. The Morgan fingerprint density at radius 1 is 0.605 bits per heavy atom. The van der Waals surface area contributed by atoms with Crippen molar-refractivity contribution in [1.29, 1.82) is 0 Å². The Balaban J connectivity index is 3.59. The van der Waals surface area contributed by atoms with Gasteiger partial charge in [-0.05, 0) is 49.4 Å². The fourth-order valence-electron chi connectivity index (χ4n) is 4.69. The number of rotatable bonds is 8. The number of hydrogen-bond donors (Lipinski definition) is 3. The first-order valence-electron chi connectivity index (χ1n) is 14.0. The van der Waals surface area contributed by atoms with Gasteiger partial charge in [-0.1, -0.05) is 55.4 Å². The van der Waals surface area contributed by atoms with Gasteiger partial charge in [0.15, 0.2) is 0 Å². The molecule has 0 radical (unpaired) electrons. The lowest BCUT2D eigenvalue weighted by Crippen LogP contribution is -2.58. The molecule has 1 aliphatic rings. The second-order valence-corrected chi connectivity index (χ2v) is 12.3. The van der Waals surface area contributed by atoms with E-state index in [4.69, 9.17) is 0 Å². The fourth-order valence-corrected chi connectivity index (χ4v) is 4.69. The molecular weight excluding hydrogens is 486 g/mol. The van der Waals surface area contributed by atoms with Crippen molar-refractivity contribution >= 4 is 29.5 Å². The van der Waals surface area contributed by atoms with Gasteiger partial charge in [0, 0.05) is 14.1 Å². The van der Waals surface area contributed by atoms with Crippen molar-refractivity contribution < 1.29 is 24.0 Å². The number of amides is 5. The Bertz CT molecular complexity index is 841.